The maximum Gasteiger partial charge on any atom is 0.220 e. The summed E-state index contributed by atoms with van der Waals surface area (Å²) in [5, 5.41) is 12.0. The van der Waals surface area contributed by atoms with Gasteiger partial charge in [-0.3, -0.25) is 9.69 Å². The molecule has 2 aromatic rings. The van der Waals surface area contributed by atoms with E-state index in [0.717, 1.165) is 24.4 Å². The number of aryl methyl sites for hydroxylation is 1. The summed E-state index contributed by atoms with van der Waals surface area (Å²) in [5.74, 6) is 0.900. The number of likely N-dealkylation sites (tertiary alicyclic amines) is 1. The van der Waals surface area contributed by atoms with E-state index in [0.29, 0.717) is 24.9 Å². The van der Waals surface area contributed by atoms with Gasteiger partial charge < -0.3 is 10.1 Å². The van der Waals surface area contributed by atoms with Gasteiger partial charge in [-0.25, -0.2) is 0 Å². The van der Waals surface area contributed by atoms with E-state index in [-0.39, 0.29) is 11.9 Å². The molecule has 0 aliphatic carbocycles. The summed E-state index contributed by atoms with van der Waals surface area (Å²) >= 11 is 0. The normalized spacial score (nSPS) is 15.0. The van der Waals surface area contributed by atoms with Crippen LogP contribution in [-0.2, 0) is 11.2 Å². The van der Waals surface area contributed by atoms with Crippen molar-refractivity contribution in [3.05, 3.63) is 65.2 Å². The predicted molar refractivity (Wildman–Crippen MR) is 109 cm³/mol. The van der Waals surface area contributed by atoms with Crippen LogP contribution >= 0.6 is 0 Å². The number of nitriles is 1. The Morgan fingerprint density at radius 3 is 2.43 bits per heavy atom. The Kier molecular flexibility index (Phi) is 7.05. The fourth-order valence-electron chi connectivity index (χ4n) is 3.64. The number of amides is 1. The molecule has 1 aliphatic rings. The van der Waals surface area contributed by atoms with Crippen molar-refractivity contribution in [3.63, 3.8) is 0 Å². The largest absolute Gasteiger partial charge is 0.497 e. The van der Waals surface area contributed by atoms with Crippen LogP contribution in [0, 0.1) is 11.3 Å². The van der Waals surface area contributed by atoms with E-state index in [9.17, 15) is 4.79 Å². The Labute approximate surface area is 166 Å². The van der Waals surface area contributed by atoms with E-state index in [1.165, 1.54) is 18.4 Å². The zero-order chi connectivity index (χ0) is 19.8. The second-order valence-corrected chi connectivity index (χ2v) is 7.14. The minimum atomic E-state index is 0.0575. The van der Waals surface area contributed by atoms with Gasteiger partial charge in [-0.2, -0.15) is 5.26 Å². The number of ether oxygens (including phenoxy) is 1. The number of carbonyl (C=O) groups is 1. The van der Waals surface area contributed by atoms with Gasteiger partial charge in [0.15, 0.2) is 0 Å². The zero-order valence-electron chi connectivity index (χ0n) is 16.4. The molecule has 1 fully saturated rings. The van der Waals surface area contributed by atoms with Crippen LogP contribution in [0.5, 0.6) is 5.75 Å². The molecule has 1 atom stereocenters. The van der Waals surface area contributed by atoms with Gasteiger partial charge in [-0.1, -0.05) is 24.3 Å². The molecular formula is C23H27N3O2. The predicted octanol–water partition coefficient (Wildman–Crippen LogP) is 3.45. The lowest BCUT2D eigenvalue weighted by atomic mass is 10.0. The summed E-state index contributed by atoms with van der Waals surface area (Å²) in [6.07, 6.45) is 3.54. The minimum Gasteiger partial charge on any atom is -0.497 e. The summed E-state index contributed by atoms with van der Waals surface area (Å²) in [4.78, 5) is 14.8. The SMILES string of the molecule is COc1ccc(C(CNC(=O)CCc2ccc(C#N)cc2)N2CCCC2)cc1. The molecule has 5 heteroatoms. The van der Waals surface area contributed by atoms with E-state index in [4.69, 9.17) is 10.00 Å². The van der Waals surface area contributed by atoms with Gasteiger partial charge in [-0.15, -0.1) is 0 Å². The summed E-state index contributed by atoms with van der Waals surface area (Å²) in [6, 6.07) is 17.8. The van der Waals surface area contributed by atoms with E-state index in [1.54, 1.807) is 19.2 Å². The maximum atomic E-state index is 12.4. The van der Waals surface area contributed by atoms with Crippen LogP contribution < -0.4 is 10.1 Å². The van der Waals surface area contributed by atoms with Gasteiger partial charge in [0.25, 0.3) is 0 Å². The first-order valence-electron chi connectivity index (χ1n) is 9.83. The first kappa shape index (κ1) is 19.9. The average Bonchev–Trinajstić information content (AvgIpc) is 3.28. The zero-order valence-corrected chi connectivity index (χ0v) is 16.4. The number of carbonyl (C=O) groups excluding carboxylic acids is 1. The van der Waals surface area contributed by atoms with Crippen molar-refractivity contribution in [2.45, 2.75) is 31.7 Å². The first-order chi connectivity index (χ1) is 13.7. The molecular weight excluding hydrogens is 350 g/mol. The quantitative estimate of drug-likeness (QED) is 0.765. The second kappa shape index (κ2) is 9.91. The maximum absolute atomic E-state index is 12.4. The van der Waals surface area contributed by atoms with Crippen molar-refractivity contribution in [2.75, 3.05) is 26.7 Å². The average molecular weight is 377 g/mol. The summed E-state index contributed by atoms with van der Waals surface area (Å²) < 4.78 is 5.26. The van der Waals surface area contributed by atoms with Crippen LogP contribution in [0.4, 0.5) is 0 Å². The van der Waals surface area contributed by atoms with Gasteiger partial charge in [0.1, 0.15) is 5.75 Å². The molecule has 0 spiro atoms. The summed E-state index contributed by atoms with van der Waals surface area (Å²) in [5.41, 5.74) is 2.91. The molecule has 1 saturated heterocycles. The highest BCUT2D eigenvalue weighted by Gasteiger charge is 2.24. The van der Waals surface area contributed by atoms with Crippen molar-refractivity contribution >= 4 is 5.91 Å². The van der Waals surface area contributed by atoms with Gasteiger partial charge in [0.2, 0.25) is 5.91 Å². The summed E-state index contributed by atoms with van der Waals surface area (Å²) in [7, 11) is 1.67. The van der Waals surface area contributed by atoms with Crippen molar-refractivity contribution in [1.29, 1.82) is 5.26 Å². The van der Waals surface area contributed by atoms with Crippen molar-refractivity contribution in [3.8, 4) is 11.8 Å². The van der Waals surface area contributed by atoms with Gasteiger partial charge in [0.05, 0.1) is 24.8 Å². The molecule has 0 aromatic heterocycles. The van der Waals surface area contributed by atoms with Crippen molar-refractivity contribution < 1.29 is 9.53 Å². The van der Waals surface area contributed by atoms with E-state index >= 15 is 0 Å². The molecule has 0 bridgehead atoms. The fourth-order valence-corrected chi connectivity index (χ4v) is 3.64. The number of methoxy groups -OCH3 is 1. The highest BCUT2D eigenvalue weighted by Crippen LogP contribution is 2.26. The van der Waals surface area contributed by atoms with Crippen LogP contribution in [0.15, 0.2) is 48.5 Å². The molecule has 5 nitrogen and oxygen atoms in total. The standard InChI is InChI=1S/C23H27N3O2/c1-28-21-11-9-20(10-12-21)22(26-14-2-3-15-26)17-25-23(27)13-8-18-4-6-19(16-24)7-5-18/h4-7,9-12,22H,2-3,8,13-15,17H2,1H3,(H,25,27). The lowest BCUT2D eigenvalue weighted by Gasteiger charge is -2.28. The highest BCUT2D eigenvalue weighted by atomic mass is 16.5. The van der Waals surface area contributed by atoms with Crippen LogP contribution in [0.25, 0.3) is 0 Å². The van der Waals surface area contributed by atoms with E-state index in [2.05, 4.69) is 28.4 Å². The highest BCUT2D eigenvalue weighted by molar-refractivity contribution is 5.76. The van der Waals surface area contributed by atoms with E-state index < -0.39 is 0 Å². The lowest BCUT2D eigenvalue weighted by Crippen LogP contribution is -2.36. The Morgan fingerprint density at radius 2 is 1.82 bits per heavy atom. The Hall–Kier alpha value is -2.84. The van der Waals surface area contributed by atoms with Crippen LogP contribution in [0.1, 0.15) is 42.0 Å². The number of rotatable bonds is 8. The molecule has 0 radical (unpaired) electrons. The number of hydrogen-bond acceptors (Lipinski definition) is 4. The third-order valence-electron chi connectivity index (χ3n) is 5.30. The van der Waals surface area contributed by atoms with Crippen LogP contribution in [0.2, 0.25) is 0 Å². The van der Waals surface area contributed by atoms with Gasteiger partial charge >= 0.3 is 0 Å². The number of nitrogens with one attached hydrogen (secondary N) is 1. The molecule has 0 saturated carbocycles. The third-order valence-corrected chi connectivity index (χ3v) is 5.30. The summed E-state index contributed by atoms with van der Waals surface area (Å²) in [6.45, 7) is 2.74. The number of hydrogen-bond donors (Lipinski definition) is 1. The minimum absolute atomic E-state index is 0.0575. The third kappa shape index (κ3) is 5.34. The fraction of sp³-hybridized carbons (Fsp3) is 0.391. The lowest BCUT2D eigenvalue weighted by molar-refractivity contribution is -0.121. The molecule has 146 valence electrons. The molecule has 3 rings (SSSR count). The Morgan fingerprint density at radius 1 is 1.14 bits per heavy atom. The number of nitrogens with zero attached hydrogens (tertiary/aromatic N) is 2. The van der Waals surface area contributed by atoms with Crippen LogP contribution in [0.3, 0.4) is 0 Å². The van der Waals surface area contributed by atoms with Crippen molar-refractivity contribution in [2.24, 2.45) is 0 Å². The molecule has 1 heterocycles. The number of benzene rings is 2. The molecule has 1 N–H and O–H groups in total. The smallest absolute Gasteiger partial charge is 0.220 e. The first-order valence-corrected chi connectivity index (χ1v) is 9.83. The Balaban J connectivity index is 1.56. The van der Waals surface area contributed by atoms with Gasteiger partial charge in [-0.05, 0) is 67.7 Å². The molecule has 1 amide bonds. The topological polar surface area (TPSA) is 65.4 Å². The van der Waals surface area contributed by atoms with Crippen molar-refractivity contribution in [1.82, 2.24) is 10.2 Å². The van der Waals surface area contributed by atoms with E-state index in [1.807, 2.05) is 24.3 Å². The monoisotopic (exact) mass is 377 g/mol. The van der Waals surface area contributed by atoms with Crippen LogP contribution in [-0.4, -0.2) is 37.6 Å². The molecule has 28 heavy (non-hydrogen) atoms. The molecule has 2 aromatic carbocycles. The molecule has 1 aliphatic heterocycles. The molecule has 1 unspecified atom stereocenters. The second-order valence-electron chi connectivity index (χ2n) is 7.14. The Bertz CT molecular complexity index is 803. The van der Waals surface area contributed by atoms with Gasteiger partial charge in [0, 0.05) is 13.0 Å².